The minimum absolute atomic E-state index is 0.221. The highest BCUT2D eigenvalue weighted by Gasteiger charge is 2.68. The Balaban J connectivity index is 2.03. The molecule has 2 amide bonds. The number of ether oxygens (including phenoxy) is 2. The number of carbonyl (C=O) groups is 5. The van der Waals surface area contributed by atoms with Gasteiger partial charge in [-0.1, -0.05) is 0 Å². The number of phenolic OH excluding ortho intramolecular Hbond substituents is 1. The number of nitrogens with zero attached hydrogens (tertiary/aromatic N) is 2. The molecule has 0 fully saturated rings. The Morgan fingerprint density at radius 2 is 1.64 bits per heavy atom. The summed E-state index contributed by atoms with van der Waals surface area (Å²) < 4.78 is 9.99. The van der Waals surface area contributed by atoms with E-state index in [1.54, 1.807) is 19.0 Å². The molecular weight excluding hydrogens is 556 g/mol. The Labute approximate surface area is 239 Å². The monoisotopic (exact) mass is 588 g/mol. The molecule has 3 aliphatic carbocycles. The Kier molecular flexibility index (Phi) is 7.46. The molecule has 0 heterocycles. The van der Waals surface area contributed by atoms with Gasteiger partial charge in [-0.15, -0.1) is 0 Å². The second-order valence-electron chi connectivity index (χ2n) is 10.9. The smallest absolute Gasteiger partial charge is 0.404 e. The fourth-order valence-corrected chi connectivity index (χ4v) is 6.38. The molecule has 0 radical (unpaired) electrons. The molecule has 0 unspecified atom stereocenters. The first-order valence-electron chi connectivity index (χ1n) is 12.8. The number of aromatic hydroxyl groups is 1. The number of Topliss-reactive ketones (excluding diaryl/α,β-unsaturated/α-hetero) is 2. The van der Waals surface area contributed by atoms with Crippen LogP contribution >= 0.6 is 0 Å². The van der Waals surface area contributed by atoms with Crippen molar-refractivity contribution in [2.75, 3.05) is 46.3 Å². The quantitative estimate of drug-likeness (QED) is 0.130. The third kappa shape index (κ3) is 4.23. The molecule has 0 spiro atoms. The van der Waals surface area contributed by atoms with E-state index in [0.717, 1.165) is 0 Å². The van der Waals surface area contributed by atoms with Gasteiger partial charge in [0.1, 0.15) is 41.5 Å². The number of phenols is 1. The van der Waals surface area contributed by atoms with Crippen LogP contribution in [0.2, 0.25) is 0 Å². The maximum atomic E-state index is 14.1. The molecule has 8 N–H and O–H groups in total. The van der Waals surface area contributed by atoms with Crippen LogP contribution in [0.1, 0.15) is 22.3 Å². The standard InChI is InChI=1S/C27H32N4O11/c1-30(2)13-5-6-14(32)15-11(13)9-26(24(38)41-7-8-42-25(29)39)10-12-18(31(3)4)20(34)16(23(28)37)21(35)27(12,40)22(36)17(26)19(15)33/h5-6,12,18,32,34,36,40H,7-10H2,1-4H3,(H2,28,37)(H2,29,39)/t12-,18-,26+,27+/m0/s1. The first-order valence-corrected chi connectivity index (χ1v) is 12.8. The number of likely N-dealkylation sites (N-methyl/N-ethyl adjacent to an activating group) is 1. The molecule has 0 aliphatic heterocycles. The van der Waals surface area contributed by atoms with Crippen LogP contribution in [0.4, 0.5) is 10.5 Å². The first-order chi connectivity index (χ1) is 19.5. The fourth-order valence-electron chi connectivity index (χ4n) is 6.38. The molecular formula is C27H32N4O11. The van der Waals surface area contributed by atoms with E-state index < -0.39 is 101 Å². The lowest BCUT2D eigenvalue weighted by Gasteiger charge is -2.53. The van der Waals surface area contributed by atoms with Gasteiger partial charge in [-0.05, 0) is 44.6 Å². The molecule has 226 valence electrons. The largest absolute Gasteiger partial charge is 0.510 e. The van der Waals surface area contributed by atoms with Gasteiger partial charge in [-0.25, -0.2) is 4.79 Å². The van der Waals surface area contributed by atoms with E-state index in [2.05, 4.69) is 4.74 Å². The van der Waals surface area contributed by atoms with Crippen LogP contribution in [0.15, 0.2) is 34.8 Å². The summed E-state index contributed by atoms with van der Waals surface area (Å²) in [5.74, 6) is -9.00. The second kappa shape index (κ2) is 10.3. The third-order valence-corrected chi connectivity index (χ3v) is 8.11. The zero-order valence-corrected chi connectivity index (χ0v) is 23.3. The van der Waals surface area contributed by atoms with Gasteiger partial charge in [0.15, 0.2) is 11.4 Å². The Morgan fingerprint density at radius 1 is 1.02 bits per heavy atom. The van der Waals surface area contributed by atoms with Crippen LogP contribution in [-0.2, 0) is 30.3 Å². The van der Waals surface area contributed by atoms with Crippen LogP contribution in [-0.4, -0.2) is 108 Å². The zero-order chi connectivity index (χ0) is 31.5. The summed E-state index contributed by atoms with van der Waals surface area (Å²) in [6, 6.07) is 1.43. The summed E-state index contributed by atoms with van der Waals surface area (Å²) in [6.45, 7) is -0.935. The van der Waals surface area contributed by atoms with E-state index in [-0.39, 0.29) is 17.5 Å². The predicted octanol–water partition coefficient (Wildman–Crippen LogP) is -0.805. The van der Waals surface area contributed by atoms with Crippen molar-refractivity contribution in [1.82, 2.24) is 4.90 Å². The minimum Gasteiger partial charge on any atom is -0.510 e. The molecule has 1 aromatic rings. The number of aliphatic hydroxyl groups is 3. The number of aliphatic hydroxyl groups excluding tert-OH is 2. The molecule has 15 heteroatoms. The number of benzene rings is 1. The van der Waals surface area contributed by atoms with Gasteiger partial charge >= 0.3 is 12.1 Å². The average molecular weight is 589 g/mol. The number of hydrogen-bond donors (Lipinski definition) is 6. The lowest BCUT2D eigenvalue weighted by molar-refractivity contribution is -0.166. The van der Waals surface area contributed by atoms with Crippen molar-refractivity contribution in [3.8, 4) is 5.75 Å². The summed E-state index contributed by atoms with van der Waals surface area (Å²) in [5, 5.41) is 45.3. The number of esters is 1. The molecule has 0 saturated heterocycles. The second-order valence-corrected chi connectivity index (χ2v) is 10.9. The normalized spacial score (nSPS) is 26.8. The Morgan fingerprint density at radius 3 is 2.19 bits per heavy atom. The highest BCUT2D eigenvalue weighted by Crippen LogP contribution is 2.58. The van der Waals surface area contributed by atoms with E-state index in [1.165, 1.54) is 31.1 Å². The van der Waals surface area contributed by atoms with Gasteiger partial charge < -0.3 is 46.3 Å². The van der Waals surface area contributed by atoms with E-state index in [1.807, 2.05) is 0 Å². The van der Waals surface area contributed by atoms with Crippen molar-refractivity contribution < 1.29 is 53.9 Å². The number of nitrogens with two attached hydrogens (primary N) is 2. The van der Waals surface area contributed by atoms with Gasteiger partial charge in [0.2, 0.25) is 5.78 Å². The predicted molar refractivity (Wildman–Crippen MR) is 143 cm³/mol. The zero-order valence-electron chi connectivity index (χ0n) is 23.3. The molecule has 4 rings (SSSR count). The molecule has 4 atom stereocenters. The number of anilines is 1. The summed E-state index contributed by atoms with van der Waals surface area (Å²) in [6.07, 6.45) is -2.02. The van der Waals surface area contributed by atoms with Crippen LogP contribution in [0.3, 0.4) is 0 Å². The van der Waals surface area contributed by atoms with Crippen molar-refractivity contribution in [3.63, 3.8) is 0 Å². The van der Waals surface area contributed by atoms with Crippen LogP contribution in [0.25, 0.3) is 0 Å². The van der Waals surface area contributed by atoms with Gasteiger partial charge in [-0.3, -0.25) is 24.1 Å². The van der Waals surface area contributed by atoms with E-state index in [0.29, 0.717) is 5.69 Å². The van der Waals surface area contributed by atoms with Crippen molar-refractivity contribution in [1.29, 1.82) is 0 Å². The maximum absolute atomic E-state index is 14.1. The van der Waals surface area contributed by atoms with Gasteiger partial charge in [0.25, 0.3) is 5.91 Å². The molecule has 0 aromatic heterocycles. The molecule has 0 bridgehead atoms. The van der Waals surface area contributed by atoms with Crippen molar-refractivity contribution >= 4 is 35.2 Å². The summed E-state index contributed by atoms with van der Waals surface area (Å²) in [4.78, 5) is 67.9. The van der Waals surface area contributed by atoms with Gasteiger partial charge in [0.05, 0.1) is 17.2 Å². The number of hydrogen-bond acceptors (Lipinski definition) is 13. The van der Waals surface area contributed by atoms with Crippen molar-refractivity contribution in [3.05, 3.63) is 45.9 Å². The number of ketones is 2. The van der Waals surface area contributed by atoms with Crippen LogP contribution < -0.4 is 16.4 Å². The lowest BCUT2D eigenvalue weighted by Crippen LogP contribution is -2.66. The summed E-state index contributed by atoms with van der Waals surface area (Å²) in [7, 11) is 6.26. The number of carbonyl (C=O) groups excluding carboxylic acids is 5. The molecule has 3 aliphatic rings. The Hall–Kier alpha value is -4.63. The highest BCUT2D eigenvalue weighted by molar-refractivity contribution is 6.25. The van der Waals surface area contributed by atoms with Gasteiger partial charge in [-0.2, -0.15) is 0 Å². The third-order valence-electron chi connectivity index (χ3n) is 8.11. The Bertz CT molecular complexity index is 1480. The number of primary amides is 2. The topological polar surface area (TPSA) is 243 Å². The number of rotatable bonds is 7. The van der Waals surface area contributed by atoms with E-state index in [4.69, 9.17) is 16.2 Å². The van der Waals surface area contributed by atoms with E-state index in [9.17, 15) is 44.4 Å². The lowest BCUT2D eigenvalue weighted by atomic mass is 9.52. The number of fused-ring (bicyclic) bond motifs is 3. The number of amides is 2. The highest BCUT2D eigenvalue weighted by atomic mass is 16.6. The average Bonchev–Trinajstić information content (AvgIpc) is 2.87. The fraction of sp³-hybridized carbons (Fsp3) is 0.444. The molecule has 42 heavy (non-hydrogen) atoms. The maximum Gasteiger partial charge on any atom is 0.404 e. The molecule has 0 saturated carbocycles. The van der Waals surface area contributed by atoms with Crippen molar-refractivity contribution in [2.24, 2.45) is 22.8 Å². The van der Waals surface area contributed by atoms with Crippen LogP contribution in [0, 0.1) is 11.3 Å². The molecule has 15 nitrogen and oxygen atoms in total. The SMILES string of the molecule is CN(C)c1ccc(O)c2c1C[C@@]1(C(=O)OCCOC(N)=O)C[C@H]3[C@H](N(C)C)C(O)=C(C(N)=O)C(=O)[C@@]3(O)C(O)=C1C2=O. The van der Waals surface area contributed by atoms with Gasteiger partial charge in [0, 0.05) is 25.7 Å². The first kappa shape index (κ1) is 30.3. The summed E-state index contributed by atoms with van der Waals surface area (Å²) >= 11 is 0. The van der Waals surface area contributed by atoms with Crippen molar-refractivity contribution in [2.45, 2.75) is 24.5 Å². The van der Waals surface area contributed by atoms with Crippen LogP contribution in [0.5, 0.6) is 5.75 Å². The van der Waals surface area contributed by atoms with E-state index >= 15 is 0 Å². The molecule has 1 aromatic carbocycles. The minimum atomic E-state index is -2.97. The summed E-state index contributed by atoms with van der Waals surface area (Å²) in [5.41, 5.74) is 3.97.